The molecule has 1 heterocycles. The zero-order valence-corrected chi connectivity index (χ0v) is 14.8. The topological polar surface area (TPSA) is 29.3 Å². The van der Waals surface area contributed by atoms with E-state index in [1.807, 2.05) is 0 Å². The molecule has 2 rings (SSSR count). The molecule has 1 aliphatic heterocycles. The molecule has 0 saturated carbocycles. The van der Waals surface area contributed by atoms with Gasteiger partial charge in [-0.3, -0.25) is 0 Å². The van der Waals surface area contributed by atoms with Gasteiger partial charge in [0.15, 0.2) is 0 Å². The summed E-state index contributed by atoms with van der Waals surface area (Å²) in [6.07, 6.45) is 3.25. The Morgan fingerprint density at radius 3 is 2.80 bits per heavy atom. The summed E-state index contributed by atoms with van der Waals surface area (Å²) in [4.78, 5) is 4.11. The highest BCUT2D eigenvalue weighted by Crippen LogP contribution is 2.35. The number of nitrogens with two attached hydrogens (primary N) is 1. The minimum atomic E-state index is 0.356. The van der Waals surface area contributed by atoms with Crippen LogP contribution in [0.5, 0.6) is 0 Å². The Balaban J connectivity index is 2.35. The second-order valence-corrected chi connectivity index (χ2v) is 8.65. The van der Waals surface area contributed by atoms with E-state index in [1.54, 1.807) is 11.8 Å². The fraction of sp³-hybridized carbons (Fsp3) is 0.533. The minimum Gasteiger partial charge on any atom is -0.389 e. The molecule has 1 aliphatic rings. The first kappa shape index (κ1) is 16.0. The van der Waals surface area contributed by atoms with E-state index in [9.17, 15) is 0 Å². The Morgan fingerprint density at radius 1 is 1.40 bits per heavy atom. The van der Waals surface area contributed by atoms with Gasteiger partial charge in [0, 0.05) is 39.7 Å². The fourth-order valence-electron chi connectivity index (χ4n) is 2.46. The van der Waals surface area contributed by atoms with Crippen molar-refractivity contribution in [1.82, 2.24) is 0 Å². The second-order valence-electron chi connectivity index (χ2n) is 5.56. The quantitative estimate of drug-likeness (QED) is 0.675. The van der Waals surface area contributed by atoms with Gasteiger partial charge in [0.2, 0.25) is 0 Å². The average molecular weight is 327 g/mol. The average Bonchev–Trinajstić information content (AvgIpc) is 2.58. The maximum absolute atomic E-state index is 5.98. The number of thiocarbonyl (C=S) groups is 1. The monoisotopic (exact) mass is 326 g/mol. The lowest BCUT2D eigenvalue weighted by atomic mass is 10.1. The summed E-state index contributed by atoms with van der Waals surface area (Å²) in [5, 5.41) is 0. The normalized spacial score (nSPS) is 18.6. The number of anilines is 1. The number of thioether (sulfide) groups is 2. The van der Waals surface area contributed by atoms with Gasteiger partial charge in [0.05, 0.1) is 0 Å². The smallest absolute Gasteiger partial charge is 0.107 e. The lowest BCUT2D eigenvalue weighted by molar-refractivity contribution is 0.637. The molecular weight excluding hydrogens is 304 g/mol. The third-order valence-corrected chi connectivity index (χ3v) is 6.01. The van der Waals surface area contributed by atoms with Crippen LogP contribution < -0.4 is 10.6 Å². The van der Waals surface area contributed by atoms with Gasteiger partial charge in [-0.05, 0) is 24.8 Å². The highest BCUT2D eigenvalue weighted by atomic mass is 32.2. The highest BCUT2D eigenvalue weighted by Gasteiger charge is 2.25. The maximum Gasteiger partial charge on any atom is 0.107 e. The molecule has 1 fully saturated rings. The van der Waals surface area contributed by atoms with E-state index in [0.29, 0.717) is 9.74 Å². The second kappa shape index (κ2) is 6.58. The van der Waals surface area contributed by atoms with Crippen molar-refractivity contribution in [2.45, 2.75) is 29.9 Å². The van der Waals surface area contributed by atoms with Crippen LogP contribution in [0.1, 0.15) is 25.8 Å². The Hall–Kier alpha value is -0.390. The van der Waals surface area contributed by atoms with Gasteiger partial charge >= 0.3 is 0 Å². The summed E-state index contributed by atoms with van der Waals surface area (Å²) >= 11 is 9.04. The van der Waals surface area contributed by atoms with Crippen LogP contribution >= 0.6 is 35.7 Å². The third kappa shape index (κ3) is 3.62. The van der Waals surface area contributed by atoms with Crippen molar-refractivity contribution < 1.29 is 0 Å². The fourth-order valence-corrected chi connectivity index (χ4v) is 4.47. The molecule has 1 aromatic carbocycles. The Bertz CT molecular complexity index is 500. The van der Waals surface area contributed by atoms with E-state index in [-0.39, 0.29) is 0 Å². The predicted octanol–water partition coefficient (Wildman–Crippen LogP) is 3.76. The molecule has 5 heteroatoms. The standard InChI is InChI=1S/C15H22N2S3/c1-15(2)7-8-17(9-10-20-15)11-5-4-6-12(19-3)13(11)14(16)18/h4-6H,7-10H2,1-3H3,(H2,16,18). The molecule has 0 unspecified atom stereocenters. The van der Waals surface area contributed by atoms with Gasteiger partial charge in [-0.2, -0.15) is 11.8 Å². The van der Waals surface area contributed by atoms with Crippen molar-refractivity contribution in [1.29, 1.82) is 0 Å². The molecule has 0 aromatic heterocycles. The summed E-state index contributed by atoms with van der Waals surface area (Å²) < 4.78 is 0.356. The number of hydrogen-bond donors (Lipinski definition) is 1. The van der Waals surface area contributed by atoms with Crippen LogP contribution in [0.3, 0.4) is 0 Å². The van der Waals surface area contributed by atoms with Gasteiger partial charge in [0.1, 0.15) is 4.99 Å². The summed E-state index contributed by atoms with van der Waals surface area (Å²) in [6.45, 7) is 6.77. The van der Waals surface area contributed by atoms with Crippen LogP contribution in [0, 0.1) is 0 Å². The molecule has 2 N–H and O–H groups in total. The van der Waals surface area contributed by atoms with Crippen molar-refractivity contribution in [2.75, 3.05) is 30.0 Å². The zero-order chi connectivity index (χ0) is 14.8. The highest BCUT2D eigenvalue weighted by molar-refractivity contribution is 8.00. The molecule has 0 aliphatic carbocycles. The number of hydrogen-bond acceptors (Lipinski definition) is 4. The van der Waals surface area contributed by atoms with Crippen molar-refractivity contribution in [3.05, 3.63) is 23.8 Å². The SMILES string of the molecule is CSc1cccc(N2CCSC(C)(C)CC2)c1C(N)=S. The van der Waals surface area contributed by atoms with Crippen LogP contribution in [0.4, 0.5) is 5.69 Å². The molecule has 0 atom stereocenters. The first-order chi connectivity index (χ1) is 9.44. The van der Waals surface area contributed by atoms with E-state index < -0.39 is 0 Å². The number of nitrogens with zero attached hydrogens (tertiary/aromatic N) is 1. The van der Waals surface area contributed by atoms with Crippen LogP contribution in [-0.4, -0.2) is 34.8 Å². The zero-order valence-electron chi connectivity index (χ0n) is 12.3. The summed E-state index contributed by atoms with van der Waals surface area (Å²) in [6, 6.07) is 6.35. The summed E-state index contributed by atoms with van der Waals surface area (Å²) in [7, 11) is 0. The Morgan fingerprint density at radius 2 is 2.15 bits per heavy atom. The summed E-state index contributed by atoms with van der Waals surface area (Å²) in [5.41, 5.74) is 8.21. The third-order valence-electron chi connectivity index (χ3n) is 3.65. The molecule has 1 aromatic rings. The van der Waals surface area contributed by atoms with E-state index >= 15 is 0 Å². The number of rotatable bonds is 3. The molecule has 2 nitrogen and oxygen atoms in total. The largest absolute Gasteiger partial charge is 0.389 e. The molecule has 20 heavy (non-hydrogen) atoms. The van der Waals surface area contributed by atoms with Crippen LogP contribution in [0.25, 0.3) is 0 Å². The Kier molecular flexibility index (Phi) is 5.26. The van der Waals surface area contributed by atoms with E-state index in [2.05, 4.69) is 55.0 Å². The van der Waals surface area contributed by atoms with Gasteiger partial charge in [0.25, 0.3) is 0 Å². The van der Waals surface area contributed by atoms with Crippen molar-refractivity contribution in [3.63, 3.8) is 0 Å². The first-order valence-corrected chi connectivity index (χ1v) is 9.42. The van der Waals surface area contributed by atoms with E-state index in [4.69, 9.17) is 18.0 Å². The van der Waals surface area contributed by atoms with Gasteiger partial charge < -0.3 is 10.6 Å². The van der Waals surface area contributed by atoms with Gasteiger partial charge in [-0.25, -0.2) is 0 Å². The molecule has 1 saturated heterocycles. The lowest BCUT2D eigenvalue weighted by Gasteiger charge is -2.27. The van der Waals surface area contributed by atoms with E-state index in [0.717, 1.165) is 24.4 Å². The maximum atomic E-state index is 5.98. The van der Waals surface area contributed by atoms with Crippen molar-refractivity contribution >= 4 is 46.4 Å². The molecule has 0 radical (unpaired) electrons. The lowest BCUT2D eigenvalue weighted by Crippen LogP contribution is -2.29. The van der Waals surface area contributed by atoms with Crippen LogP contribution in [0.15, 0.2) is 23.1 Å². The molecule has 0 amide bonds. The first-order valence-electron chi connectivity index (χ1n) is 6.80. The predicted molar refractivity (Wildman–Crippen MR) is 97.5 cm³/mol. The van der Waals surface area contributed by atoms with Crippen LogP contribution in [0.2, 0.25) is 0 Å². The molecular formula is C15H22N2S3. The van der Waals surface area contributed by atoms with Crippen molar-refractivity contribution in [3.8, 4) is 0 Å². The molecule has 110 valence electrons. The summed E-state index contributed by atoms with van der Waals surface area (Å²) in [5.74, 6) is 1.15. The minimum absolute atomic E-state index is 0.356. The van der Waals surface area contributed by atoms with Crippen molar-refractivity contribution in [2.24, 2.45) is 5.73 Å². The molecule has 0 bridgehead atoms. The van der Waals surface area contributed by atoms with E-state index in [1.165, 1.54) is 17.0 Å². The van der Waals surface area contributed by atoms with Gasteiger partial charge in [-0.1, -0.05) is 32.1 Å². The molecule has 0 spiro atoms. The Labute approximate surface area is 135 Å². The number of benzene rings is 1. The van der Waals surface area contributed by atoms with Gasteiger partial charge in [-0.15, -0.1) is 11.8 Å². The van der Waals surface area contributed by atoms with Crippen LogP contribution in [-0.2, 0) is 0 Å².